The minimum Gasteiger partial charge on any atom is -0.399 e. The number of nitrogens with two attached hydrogens (primary N) is 1. The number of rotatable bonds is 4. The van der Waals surface area contributed by atoms with E-state index in [1.54, 1.807) is 0 Å². The molecule has 1 fully saturated rings. The standard InChI is InChI=1S/C13H19NO3/c1-13(2)16-9-12(17-13)8-15-7-10-3-5-11(14)6-4-10/h3-6,12H,7-9,14H2,1-2H3. The maximum atomic E-state index is 5.64. The zero-order valence-corrected chi connectivity index (χ0v) is 10.3. The number of anilines is 1. The van der Waals surface area contributed by atoms with Crippen molar-refractivity contribution in [2.75, 3.05) is 18.9 Å². The maximum absolute atomic E-state index is 5.64. The van der Waals surface area contributed by atoms with Crippen molar-refractivity contribution >= 4 is 5.69 Å². The van der Waals surface area contributed by atoms with Gasteiger partial charge in [0.2, 0.25) is 0 Å². The second-order valence-corrected chi connectivity index (χ2v) is 4.71. The summed E-state index contributed by atoms with van der Waals surface area (Å²) in [5.41, 5.74) is 7.48. The van der Waals surface area contributed by atoms with E-state index in [1.807, 2.05) is 38.1 Å². The van der Waals surface area contributed by atoms with E-state index in [0.717, 1.165) is 11.3 Å². The minimum atomic E-state index is -0.477. The molecule has 4 nitrogen and oxygen atoms in total. The summed E-state index contributed by atoms with van der Waals surface area (Å²) in [5, 5.41) is 0. The number of nitrogen functional groups attached to an aromatic ring is 1. The first-order valence-electron chi connectivity index (χ1n) is 5.79. The third-order valence-corrected chi connectivity index (χ3v) is 2.62. The summed E-state index contributed by atoms with van der Waals surface area (Å²) in [4.78, 5) is 0. The van der Waals surface area contributed by atoms with Gasteiger partial charge in [0.1, 0.15) is 6.10 Å². The second-order valence-electron chi connectivity index (χ2n) is 4.71. The number of benzene rings is 1. The number of ether oxygens (including phenoxy) is 3. The van der Waals surface area contributed by atoms with E-state index in [9.17, 15) is 0 Å². The first-order valence-corrected chi connectivity index (χ1v) is 5.79. The molecule has 0 amide bonds. The highest BCUT2D eigenvalue weighted by atomic mass is 16.7. The summed E-state index contributed by atoms with van der Waals surface area (Å²) < 4.78 is 16.7. The lowest BCUT2D eigenvalue weighted by Gasteiger charge is -2.17. The van der Waals surface area contributed by atoms with E-state index in [1.165, 1.54) is 0 Å². The first kappa shape index (κ1) is 12.4. The van der Waals surface area contributed by atoms with Gasteiger partial charge in [-0.3, -0.25) is 0 Å². The van der Waals surface area contributed by atoms with Crippen molar-refractivity contribution < 1.29 is 14.2 Å². The maximum Gasteiger partial charge on any atom is 0.163 e. The smallest absolute Gasteiger partial charge is 0.163 e. The molecule has 0 aliphatic carbocycles. The van der Waals surface area contributed by atoms with Crippen LogP contribution >= 0.6 is 0 Å². The van der Waals surface area contributed by atoms with Crippen molar-refractivity contribution in [2.24, 2.45) is 0 Å². The lowest BCUT2D eigenvalue weighted by atomic mass is 10.2. The number of hydrogen-bond donors (Lipinski definition) is 1. The molecule has 2 rings (SSSR count). The molecule has 4 heteroatoms. The van der Waals surface area contributed by atoms with Gasteiger partial charge in [-0.25, -0.2) is 0 Å². The van der Waals surface area contributed by atoms with Crippen LogP contribution in [0.25, 0.3) is 0 Å². The zero-order chi connectivity index (χ0) is 12.3. The van der Waals surface area contributed by atoms with E-state index >= 15 is 0 Å². The fourth-order valence-corrected chi connectivity index (χ4v) is 1.77. The van der Waals surface area contributed by atoms with Gasteiger partial charge in [0.05, 0.1) is 19.8 Å². The normalized spacial score (nSPS) is 22.8. The van der Waals surface area contributed by atoms with Gasteiger partial charge in [0, 0.05) is 5.69 Å². The zero-order valence-electron chi connectivity index (χ0n) is 10.3. The van der Waals surface area contributed by atoms with Gasteiger partial charge in [-0.15, -0.1) is 0 Å². The Morgan fingerprint density at radius 3 is 2.65 bits per heavy atom. The average Bonchev–Trinajstić information content (AvgIpc) is 2.61. The van der Waals surface area contributed by atoms with E-state index in [2.05, 4.69) is 0 Å². The van der Waals surface area contributed by atoms with Crippen LogP contribution in [0, 0.1) is 0 Å². The lowest BCUT2D eigenvalue weighted by molar-refractivity contribution is -0.145. The van der Waals surface area contributed by atoms with Crippen molar-refractivity contribution in [3.05, 3.63) is 29.8 Å². The van der Waals surface area contributed by atoms with E-state index in [-0.39, 0.29) is 6.10 Å². The average molecular weight is 237 g/mol. The van der Waals surface area contributed by atoms with Gasteiger partial charge in [-0.2, -0.15) is 0 Å². The fraction of sp³-hybridized carbons (Fsp3) is 0.538. The largest absolute Gasteiger partial charge is 0.399 e. The Hall–Kier alpha value is -1.10. The highest BCUT2D eigenvalue weighted by molar-refractivity contribution is 5.39. The van der Waals surface area contributed by atoms with Gasteiger partial charge in [0.25, 0.3) is 0 Å². The second kappa shape index (κ2) is 5.04. The van der Waals surface area contributed by atoms with Crippen molar-refractivity contribution in [1.82, 2.24) is 0 Å². The van der Waals surface area contributed by atoms with E-state index in [0.29, 0.717) is 19.8 Å². The predicted molar refractivity (Wildman–Crippen MR) is 65.4 cm³/mol. The lowest BCUT2D eigenvalue weighted by Crippen LogP contribution is -2.24. The third-order valence-electron chi connectivity index (χ3n) is 2.62. The Balaban J connectivity index is 1.71. The molecular weight excluding hydrogens is 218 g/mol. The molecule has 1 aromatic rings. The van der Waals surface area contributed by atoms with Gasteiger partial charge in [-0.1, -0.05) is 12.1 Å². The highest BCUT2D eigenvalue weighted by Crippen LogP contribution is 2.22. The Morgan fingerprint density at radius 1 is 1.35 bits per heavy atom. The fourth-order valence-electron chi connectivity index (χ4n) is 1.77. The van der Waals surface area contributed by atoms with Gasteiger partial charge >= 0.3 is 0 Å². The quantitative estimate of drug-likeness (QED) is 0.813. The van der Waals surface area contributed by atoms with E-state index in [4.69, 9.17) is 19.9 Å². The molecule has 0 saturated carbocycles. The molecule has 94 valence electrons. The summed E-state index contributed by atoms with van der Waals surface area (Å²) in [6.45, 7) is 5.53. The summed E-state index contributed by atoms with van der Waals surface area (Å²) in [6.07, 6.45) is 0.0266. The molecule has 1 aromatic carbocycles. The predicted octanol–water partition coefficient (Wildman–Crippen LogP) is 1.94. The Morgan fingerprint density at radius 2 is 2.06 bits per heavy atom. The summed E-state index contributed by atoms with van der Waals surface area (Å²) >= 11 is 0. The molecule has 1 saturated heterocycles. The first-order chi connectivity index (χ1) is 8.05. The van der Waals surface area contributed by atoms with Crippen molar-refractivity contribution in [1.29, 1.82) is 0 Å². The molecule has 1 heterocycles. The summed E-state index contributed by atoms with van der Waals surface area (Å²) in [5.74, 6) is -0.477. The Bertz CT molecular complexity index is 361. The van der Waals surface area contributed by atoms with Crippen molar-refractivity contribution in [3.63, 3.8) is 0 Å². The van der Waals surface area contributed by atoms with Crippen LogP contribution in [0.3, 0.4) is 0 Å². The van der Waals surface area contributed by atoms with Crippen LogP contribution in [-0.4, -0.2) is 25.1 Å². The van der Waals surface area contributed by atoms with Crippen molar-refractivity contribution in [2.45, 2.75) is 32.3 Å². The Kier molecular flexibility index (Phi) is 3.66. The summed E-state index contributed by atoms with van der Waals surface area (Å²) in [7, 11) is 0. The Labute approximate surface area is 102 Å². The van der Waals surface area contributed by atoms with Gasteiger partial charge in [0.15, 0.2) is 5.79 Å². The third kappa shape index (κ3) is 3.70. The molecule has 0 radical (unpaired) electrons. The minimum absolute atomic E-state index is 0.0266. The molecule has 17 heavy (non-hydrogen) atoms. The van der Waals surface area contributed by atoms with Crippen LogP contribution in [0.5, 0.6) is 0 Å². The van der Waals surface area contributed by atoms with Crippen molar-refractivity contribution in [3.8, 4) is 0 Å². The molecule has 0 aromatic heterocycles. The van der Waals surface area contributed by atoms with E-state index < -0.39 is 5.79 Å². The molecular formula is C13H19NO3. The van der Waals surface area contributed by atoms with Crippen LogP contribution in [-0.2, 0) is 20.8 Å². The van der Waals surface area contributed by atoms with Crippen LogP contribution in [0.1, 0.15) is 19.4 Å². The SMILES string of the molecule is CC1(C)OCC(COCc2ccc(N)cc2)O1. The monoisotopic (exact) mass is 237 g/mol. The van der Waals surface area contributed by atoms with Crippen LogP contribution in [0.2, 0.25) is 0 Å². The highest BCUT2D eigenvalue weighted by Gasteiger charge is 2.32. The molecule has 0 spiro atoms. The molecule has 2 N–H and O–H groups in total. The van der Waals surface area contributed by atoms with Gasteiger partial charge in [-0.05, 0) is 31.5 Å². The van der Waals surface area contributed by atoms with Gasteiger partial charge < -0.3 is 19.9 Å². The van der Waals surface area contributed by atoms with Crippen LogP contribution in [0.4, 0.5) is 5.69 Å². The molecule has 1 atom stereocenters. The van der Waals surface area contributed by atoms with Crippen LogP contribution < -0.4 is 5.73 Å². The molecule has 1 aliphatic rings. The topological polar surface area (TPSA) is 53.7 Å². The molecule has 1 aliphatic heterocycles. The summed E-state index contributed by atoms with van der Waals surface area (Å²) in [6, 6.07) is 7.67. The number of hydrogen-bond acceptors (Lipinski definition) is 4. The molecule has 0 bridgehead atoms. The van der Waals surface area contributed by atoms with Crippen LogP contribution in [0.15, 0.2) is 24.3 Å². The molecule has 1 unspecified atom stereocenters.